The third-order valence-corrected chi connectivity index (χ3v) is 4.35. The Hall–Kier alpha value is -3.60. The van der Waals surface area contributed by atoms with Crippen molar-refractivity contribution in [2.75, 3.05) is 6.61 Å². The summed E-state index contributed by atoms with van der Waals surface area (Å²) in [4.78, 5) is 34.4. The number of rotatable bonds is 9. The molecule has 0 aliphatic carbocycles. The molecule has 2 rings (SSSR count). The number of carbonyl (C=O) groups excluding carboxylic acids is 2. The molecule has 33 heavy (non-hydrogen) atoms. The Labute approximate surface area is 190 Å². The first kappa shape index (κ1) is 25.7. The molecular weight excluding hydrogens is 471 g/mol. The van der Waals surface area contributed by atoms with Crippen LogP contribution in [0.1, 0.15) is 18.1 Å². The van der Waals surface area contributed by atoms with Gasteiger partial charge in [0.2, 0.25) is 0 Å². The van der Waals surface area contributed by atoms with Crippen LogP contribution in [0.15, 0.2) is 49.1 Å². The fraction of sp³-hybridized carbons (Fsp3) is 0.238. The highest BCUT2D eigenvalue weighted by Gasteiger charge is 2.31. The van der Waals surface area contributed by atoms with Crippen LogP contribution in [0.5, 0.6) is 11.5 Å². The third-order valence-electron chi connectivity index (χ3n) is 4.05. The normalized spacial score (nSPS) is 11.9. The second-order valence-electron chi connectivity index (χ2n) is 6.52. The molecule has 8 nitrogen and oxygen atoms in total. The second-order valence-corrected chi connectivity index (χ2v) is 6.93. The van der Waals surface area contributed by atoms with E-state index in [1.54, 1.807) is 0 Å². The summed E-state index contributed by atoms with van der Waals surface area (Å²) >= 11 is 5.86. The molecule has 0 N–H and O–H groups in total. The Morgan fingerprint density at radius 1 is 1.24 bits per heavy atom. The summed E-state index contributed by atoms with van der Waals surface area (Å²) in [5.41, 5.74) is -1.52. The van der Waals surface area contributed by atoms with E-state index in [4.69, 9.17) is 25.8 Å². The molecule has 1 unspecified atom stereocenters. The van der Waals surface area contributed by atoms with Gasteiger partial charge in [-0.2, -0.15) is 13.2 Å². The van der Waals surface area contributed by atoms with Gasteiger partial charge in [-0.1, -0.05) is 24.3 Å². The van der Waals surface area contributed by atoms with E-state index in [1.807, 2.05) is 0 Å². The number of halogens is 4. The van der Waals surface area contributed by atoms with E-state index in [2.05, 4.69) is 6.58 Å². The van der Waals surface area contributed by atoms with E-state index in [1.165, 1.54) is 19.1 Å². The number of nitrogens with zero attached hydrogens (tertiary/aromatic N) is 1. The summed E-state index contributed by atoms with van der Waals surface area (Å²) in [7, 11) is 0. The van der Waals surface area contributed by atoms with E-state index in [-0.39, 0.29) is 28.7 Å². The van der Waals surface area contributed by atoms with Crippen molar-refractivity contribution in [2.45, 2.75) is 25.6 Å². The lowest BCUT2D eigenvalue weighted by atomic mass is 10.1. The van der Waals surface area contributed by atoms with Crippen molar-refractivity contribution in [1.82, 2.24) is 0 Å². The number of carbonyl (C=O) groups is 2. The van der Waals surface area contributed by atoms with Gasteiger partial charge in [-0.3, -0.25) is 14.9 Å². The van der Waals surface area contributed by atoms with Gasteiger partial charge < -0.3 is 14.2 Å². The minimum Gasteiger partial charge on any atom is -0.459 e. The average molecular weight is 488 g/mol. The molecule has 0 spiro atoms. The van der Waals surface area contributed by atoms with Gasteiger partial charge in [0, 0.05) is 11.6 Å². The lowest BCUT2D eigenvalue weighted by Crippen LogP contribution is -2.27. The third kappa shape index (κ3) is 7.21. The SMILES string of the molecule is C=CCOC(=O)C(C)OC(=O)Cc1cc(Oc2ccc(C(F)(F)F)cc2Cl)ccc1[N+](=O)[O-]. The summed E-state index contributed by atoms with van der Waals surface area (Å²) in [6.07, 6.45) is -5.13. The van der Waals surface area contributed by atoms with Crippen LogP contribution in [0.25, 0.3) is 0 Å². The van der Waals surface area contributed by atoms with Gasteiger partial charge >= 0.3 is 18.1 Å². The first-order valence-electron chi connectivity index (χ1n) is 9.21. The molecule has 0 aliphatic rings. The Morgan fingerprint density at radius 2 is 1.94 bits per heavy atom. The van der Waals surface area contributed by atoms with Gasteiger partial charge in [-0.25, -0.2) is 4.79 Å². The standard InChI is InChI=1S/C21H17ClF3NO7/c1-3-8-31-20(28)12(2)32-19(27)10-13-9-15(5-6-17(13)26(29)30)33-18-7-4-14(11-16(18)22)21(23,24)25/h3-7,9,11-12H,1,8,10H2,2H3. The fourth-order valence-electron chi connectivity index (χ4n) is 2.53. The van der Waals surface area contributed by atoms with Gasteiger partial charge in [0.25, 0.3) is 5.69 Å². The highest BCUT2D eigenvalue weighted by molar-refractivity contribution is 6.32. The Kier molecular flexibility index (Phi) is 8.41. The van der Waals surface area contributed by atoms with Crippen molar-refractivity contribution in [2.24, 2.45) is 0 Å². The van der Waals surface area contributed by atoms with Gasteiger partial charge in [0.15, 0.2) is 6.10 Å². The minimum absolute atomic E-state index is 0.0245. The molecule has 12 heteroatoms. The van der Waals surface area contributed by atoms with Crippen LogP contribution in [-0.2, 0) is 31.7 Å². The number of nitro benzene ring substituents is 1. The van der Waals surface area contributed by atoms with Crippen molar-refractivity contribution in [3.05, 3.63) is 75.3 Å². The van der Waals surface area contributed by atoms with E-state index in [9.17, 15) is 32.9 Å². The molecule has 0 saturated heterocycles. The molecule has 2 aromatic rings. The zero-order chi connectivity index (χ0) is 24.8. The smallest absolute Gasteiger partial charge is 0.416 e. The predicted octanol–water partition coefficient (Wildman–Crippen LogP) is 5.26. The predicted molar refractivity (Wildman–Crippen MR) is 110 cm³/mol. The van der Waals surface area contributed by atoms with Crippen LogP contribution in [0.4, 0.5) is 18.9 Å². The summed E-state index contributed by atoms with van der Waals surface area (Å²) in [6.45, 7) is 4.56. The summed E-state index contributed by atoms with van der Waals surface area (Å²) in [5.74, 6) is -1.94. The molecule has 0 saturated carbocycles. The molecule has 0 fully saturated rings. The van der Waals surface area contributed by atoms with E-state index in [0.29, 0.717) is 6.07 Å². The van der Waals surface area contributed by atoms with Crippen LogP contribution in [-0.4, -0.2) is 29.6 Å². The number of hydrogen-bond acceptors (Lipinski definition) is 7. The zero-order valence-electron chi connectivity index (χ0n) is 17.1. The molecule has 0 heterocycles. The highest BCUT2D eigenvalue weighted by Crippen LogP contribution is 2.37. The van der Waals surface area contributed by atoms with E-state index >= 15 is 0 Å². The van der Waals surface area contributed by atoms with Gasteiger partial charge in [0.05, 0.1) is 21.9 Å². The Bertz CT molecular complexity index is 1070. The number of benzene rings is 2. The number of nitro groups is 1. The van der Waals surface area contributed by atoms with E-state index < -0.39 is 46.8 Å². The Balaban J connectivity index is 2.21. The molecule has 0 aliphatic heterocycles. The summed E-state index contributed by atoms with van der Waals surface area (Å²) in [5, 5.41) is 11.0. The molecule has 2 aromatic carbocycles. The molecule has 176 valence electrons. The largest absolute Gasteiger partial charge is 0.459 e. The van der Waals surface area contributed by atoms with Crippen LogP contribution >= 0.6 is 11.6 Å². The quantitative estimate of drug-likeness (QED) is 0.205. The number of alkyl halides is 3. The van der Waals surface area contributed by atoms with Crippen molar-refractivity contribution in [1.29, 1.82) is 0 Å². The monoisotopic (exact) mass is 487 g/mol. The van der Waals surface area contributed by atoms with E-state index in [0.717, 1.165) is 24.3 Å². The maximum absolute atomic E-state index is 12.8. The molecule has 1 atom stereocenters. The number of esters is 2. The molecule has 0 amide bonds. The first-order chi connectivity index (χ1) is 15.4. The van der Waals surface area contributed by atoms with Gasteiger partial charge in [0.1, 0.15) is 18.1 Å². The highest BCUT2D eigenvalue weighted by atomic mass is 35.5. The van der Waals surface area contributed by atoms with Crippen molar-refractivity contribution in [3.63, 3.8) is 0 Å². The van der Waals surface area contributed by atoms with Crippen molar-refractivity contribution >= 4 is 29.2 Å². The molecular formula is C21H17ClF3NO7. The van der Waals surface area contributed by atoms with Crippen LogP contribution in [0, 0.1) is 10.1 Å². The lowest BCUT2D eigenvalue weighted by molar-refractivity contribution is -0.385. The maximum atomic E-state index is 12.8. The van der Waals surface area contributed by atoms with Gasteiger partial charge in [-0.05, 0) is 37.3 Å². The topological polar surface area (TPSA) is 105 Å². The number of hydrogen-bond donors (Lipinski definition) is 0. The molecule has 0 aromatic heterocycles. The van der Waals surface area contributed by atoms with Crippen LogP contribution in [0.2, 0.25) is 5.02 Å². The average Bonchev–Trinajstić information content (AvgIpc) is 2.72. The summed E-state index contributed by atoms with van der Waals surface area (Å²) < 4.78 is 53.5. The number of ether oxygens (including phenoxy) is 3. The van der Waals surface area contributed by atoms with Crippen molar-refractivity contribution in [3.8, 4) is 11.5 Å². The lowest BCUT2D eigenvalue weighted by Gasteiger charge is -2.13. The Morgan fingerprint density at radius 3 is 2.52 bits per heavy atom. The van der Waals surface area contributed by atoms with Crippen molar-refractivity contribution < 1.29 is 41.9 Å². The second kappa shape index (κ2) is 10.8. The minimum atomic E-state index is -4.60. The van der Waals surface area contributed by atoms with Crippen LogP contribution in [0.3, 0.4) is 0 Å². The first-order valence-corrected chi connectivity index (χ1v) is 9.59. The summed E-state index contributed by atoms with van der Waals surface area (Å²) in [6, 6.07) is 5.82. The molecule has 0 bridgehead atoms. The van der Waals surface area contributed by atoms with Gasteiger partial charge in [-0.15, -0.1) is 0 Å². The molecule has 0 radical (unpaired) electrons. The fourth-order valence-corrected chi connectivity index (χ4v) is 2.75. The maximum Gasteiger partial charge on any atom is 0.416 e. The van der Waals surface area contributed by atoms with Crippen LogP contribution < -0.4 is 4.74 Å². The zero-order valence-corrected chi connectivity index (χ0v) is 17.8.